The average molecular weight is 385 g/mol. The van der Waals surface area contributed by atoms with Gasteiger partial charge in [-0.2, -0.15) is 0 Å². The number of aryl methyl sites for hydroxylation is 1. The van der Waals surface area contributed by atoms with Crippen LogP contribution in [0.5, 0.6) is 5.75 Å². The molecule has 0 spiro atoms. The molecule has 3 rings (SSSR count). The number of amides is 1. The highest BCUT2D eigenvalue weighted by Gasteiger charge is 2.18. The molecular weight excluding hydrogens is 364 g/mol. The molecule has 0 saturated carbocycles. The second-order valence-corrected chi connectivity index (χ2v) is 6.72. The van der Waals surface area contributed by atoms with Gasteiger partial charge in [-0.1, -0.05) is 23.7 Å². The van der Waals surface area contributed by atoms with Gasteiger partial charge in [-0.25, -0.2) is 0 Å². The molecule has 1 atom stereocenters. The topological polar surface area (TPSA) is 60.3 Å². The summed E-state index contributed by atoms with van der Waals surface area (Å²) in [6.45, 7) is 4.46. The maximum Gasteiger partial charge on any atom is 0.257 e. The first-order chi connectivity index (χ1) is 12.9. The fourth-order valence-corrected chi connectivity index (χ4v) is 3.22. The summed E-state index contributed by atoms with van der Waals surface area (Å²) in [7, 11) is 1.60. The van der Waals surface area contributed by atoms with E-state index in [0.29, 0.717) is 17.0 Å². The number of hydrogen-bond acceptors (Lipinski definition) is 3. The van der Waals surface area contributed by atoms with Crippen LogP contribution in [0.2, 0.25) is 5.02 Å². The lowest BCUT2D eigenvalue weighted by Gasteiger charge is -2.16. The van der Waals surface area contributed by atoms with Crippen molar-refractivity contribution in [2.45, 2.75) is 26.4 Å². The number of carbonyl (C=O) groups excluding carboxylic acids is 1. The van der Waals surface area contributed by atoms with Gasteiger partial charge >= 0.3 is 0 Å². The van der Waals surface area contributed by atoms with Crippen LogP contribution in [0.15, 0.2) is 53.5 Å². The molecule has 140 valence electrons. The van der Waals surface area contributed by atoms with E-state index in [-0.39, 0.29) is 17.0 Å². The van der Waals surface area contributed by atoms with Crippen LogP contribution in [0.25, 0.3) is 10.9 Å². The van der Waals surface area contributed by atoms with Crippen LogP contribution in [0.1, 0.15) is 35.8 Å². The van der Waals surface area contributed by atoms with Gasteiger partial charge in [0.15, 0.2) is 0 Å². The zero-order chi connectivity index (χ0) is 19.6. The normalized spacial score (nSPS) is 12.0. The van der Waals surface area contributed by atoms with Crippen molar-refractivity contribution in [3.63, 3.8) is 0 Å². The maximum absolute atomic E-state index is 12.8. The van der Waals surface area contributed by atoms with Crippen molar-refractivity contribution in [1.29, 1.82) is 0 Å². The van der Waals surface area contributed by atoms with E-state index in [1.807, 2.05) is 42.7 Å². The summed E-state index contributed by atoms with van der Waals surface area (Å²) in [6.07, 6.45) is 1.61. The Balaban J connectivity index is 1.95. The molecule has 1 amide bonds. The van der Waals surface area contributed by atoms with Gasteiger partial charge in [-0.3, -0.25) is 9.59 Å². The number of nitrogens with one attached hydrogen (secondary N) is 1. The quantitative estimate of drug-likeness (QED) is 0.718. The van der Waals surface area contributed by atoms with Crippen molar-refractivity contribution in [1.82, 2.24) is 9.88 Å². The number of benzene rings is 2. The molecule has 2 aromatic carbocycles. The van der Waals surface area contributed by atoms with Gasteiger partial charge in [0.1, 0.15) is 11.3 Å². The third-order valence-corrected chi connectivity index (χ3v) is 4.83. The van der Waals surface area contributed by atoms with Crippen LogP contribution < -0.4 is 15.5 Å². The number of nitrogens with zero attached hydrogens (tertiary/aromatic N) is 1. The predicted molar refractivity (Wildman–Crippen MR) is 108 cm³/mol. The molecule has 0 aliphatic carbocycles. The Morgan fingerprint density at radius 2 is 1.93 bits per heavy atom. The first kappa shape index (κ1) is 19.0. The summed E-state index contributed by atoms with van der Waals surface area (Å²) < 4.78 is 7.02. The molecule has 0 fully saturated rings. The van der Waals surface area contributed by atoms with E-state index in [1.54, 1.807) is 31.5 Å². The Labute approximate surface area is 162 Å². The van der Waals surface area contributed by atoms with Gasteiger partial charge in [0.25, 0.3) is 5.91 Å². The molecular formula is C21H21ClN2O3. The second-order valence-electron chi connectivity index (χ2n) is 6.29. The second kappa shape index (κ2) is 7.84. The van der Waals surface area contributed by atoms with Crippen molar-refractivity contribution < 1.29 is 9.53 Å². The zero-order valence-electron chi connectivity index (χ0n) is 15.5. The standard InChI is InChI=1S/C21H21ClN2O3/c1-4-24-12-18(20(25)17-11-15(22)7-10-19(17)24)21(26)23-13(2)14-5-8-16(27-3)9-6-14/h5-13H,4H2,1-3H3,(H,23,26)/t13-/m0/s1. The fourth-order valence-electron chi connectivity index (χ4n) is 3.04. The lowest BCUT2D eigenvalue weighted by Crippen LogP contribution is -2.31. The maximum atomic E-state index is 12.8. The number of carbonyl (C=O) groups is 1. The molecule has 0 saturated heterocycles. The van der Waals surface area contributed by atoms with E-state index < -0.39 is 5.91 Å². The Morgan fingerprint density at radius 3 is 2.56 bits per heavy atom. The highest BCUT2D eigenvalue weighted by molar-refractivity contribution is 6.31. The van der Waals surface area contributed by atoms with Crippen LogP contribution in [-0.2, 0) is 6.54 Å². The summed E-state index contributed by atoms with van der Waals surface area (Å²) >= 11 is 6.05. The van der Waals surface area contributed by atoms with E-state index in [0.717, 1.165) is 16.8 Å². The monoisotopic (exact) mass is 384 g/mol. The van der Waals surface area contributed by atoms with Gasteiger partial charge in [0, 0.05) is 23.2 Å². The molecule has 1 N–H and O–H groups in total. The Morgan fingerprint density at radius 1 is 1.22 bits per heavy atom. The molecule has 0 aliphatic heterocycles. The molecule has 0 radical (unpaired) electrons. The Hall–Kier alpha value is -2.79. The first-order valence-electron chi connectivity index (χ1n) is 8.72. The van der Waals surface area contributed by atoms with Crippen molar-refractivity contribution in [2.24, 2.45) is 0 Å². The van der Waals surface area contributed by atoms with E-state index in [2.05, 4.69) is 5.32 Å². The molecule has 0 aliphatic rings. The largest absolute Gasteiger partial charge is 0.497 e. The molecule has 5 nitrogen and oxygen atoms in total. The van der Waals surface area contributed by atoms with Crippen molar-refractivity contribution in [2.75, 3.05) is 7.11 Å². The number of aromatic nitrogens is 1. The Kier molecular flexibility index (Phi) is 5.51. The lowest BCUT2D eigenvalue weighted by molar-refractivity contribution is 0.0938. The van der Waals surface area contributed by atoms with Gasteiger partial charge in [0.05, 0.1) is 18.7 Å². The Bertz CT molecular complexity index is 1040. The minimum Gasteiger partial charge on any atom is -0.497 e. The molecule has 6 heteroatoms. The van der Waals surface area contributed by atoms with Crippen LogP contribution in [0.3, 0.4) is 0 Å². The van der Waals surface area contributed by atoms with Gasteiger partial charge in [0.2, 0.25) is 5.43 Å². The molecule has 27 heavy (non-hydrogen) atoms. The smallest absolute Gasteiger partial charge is 0.257 e. The van der Waals surface area contributed by atoms with Crippen molar-refractivity contribution in [3.8, 4) is 5.75 Å². The van der Waals surface area contributed by atoms with Crippen molar-refractivity contribution in [3.05, 3.63) is 75.0 Å². The molecule has 1 aromatic heterocycles. The number of fused-ring (bicyclic) bond motifs is 1. The minimum atomic E-state index is -0.410. The third kappa shape index (κ3) is 3.83. The van der Waals surface area contributed by atoms with Crippen LogP contribution in [-0.4, -0.2) is 17.6 Å². The first-order valence-corrected chi connectivity index (χ1v) is 9.10. The molecule has 1 heterocycles. The number of rotatable bonds is 5. The summed E-state index contributed by atoms with van der Waals surface area (Å²) in [5.74, 6) is 0.335. The fraction of sp³-hybridized carbons (Fsp3) is 0.238. The van der Waals surface area contributed by atoms with Crippen molar-refractivity contribution >= 4 is 28.4 Å². The summed E-state index contributed by atoms with van der Waals surface area (Å²) in [4.78, 5) is 25.6. The number of hydrogen-bond donors (Lipinski definition) is 1. The highest BCUT2D eigenvalue weighted by Crippen LogP contribution is 2.19. The van der Waals surface area contributed by atoms with E-state index in [4.69, 9.17) is 16.3 Å². The number of pyridine rings is 1. The third-order valence-electron chi connectivity index (χ3n) is 4.59. The summed E-state index contributed by atoms with van der Waals surface area (Å²) in [6, 6.07) is 12.3. The molecule has 0 bridgehead atoms. The average Bonchev–Trinajstić information content (AvgIpc) is 2.68. The number of ether oxygens (including phenoxy) is 1. The van der Waals surface area contributed by atoms with Crippen LogP contribution in [0, 0.1) is 0 Å². The lowest BCUT2D eigenvalue weighted by atomic mass is 10.1. The highest BCUT2D eigenvalue weighted by atomic mass is 35.5. The number of methoxy groups -OCH3 is 1. The van der Waals surface area contributed by atoms with E-state index in [9.17, 15) is 9.59 Å². The minimum absolute atomic E-state index is 0.104. The SMILES string of the molecule is CCn1cc(C(=O)N[C@@H](C)c2ccc(OC)cc2)c(=O)c2cc(Cl)ccc21. The van der Waals surface area contributed by atoms with Gasteiger partial charge in [-0.05, 0) is 49.7 Å². The van der Waals surface area contributed by atoms with Crippen LogP contribution >= 0.6 is 11.6 Å². The van der Waals surface area contributed by atoms with Gasteiger partial charge in [-0.15, -0.1) is 0 Å². The van der Waals surface area contributed by atoms with E-state index >= 15 is 0 Å². The van der Waals surface area contributed by atoms with Gasteiger partial charge < -0.3 is 14.6 Å². The van der Waals surface area contributed by atoms with E-state index in [1.165, 1.54) is 0 Å². The van der Waals surface area contributed by atoms with Crippen LogP contribution in [0.4, 0.5) is 0 Å². The predicted octanol–water partition coefficient (Wildman–Crippen LogP) is 4.17. The number of halogens is 1. The molecule has 0 unspecified atom stereocenters. The molecule has 3 aromatic rings. The summed E-state index contributed by atoms with van der Waals surface area (Å²) in [5, 5.41) is 3.80. The zero-order valence-corrected chi connectivity index (χ0v) is 16.2. The summed E-state index contributed by atoms with van der Waals surface area (Å²) in [5.41, 5.74) is 1.46.